The topological polar surface area (TPSA) is 70.2 Å². The van der Waals surface area contributed by atoms with Crippen molar-refractivity contribution in [1.29, 1.82) is 0 Å². The number of likely N-dealkylation sites (N-methyl/N-ethyl adjacent to an activating group) is 1. The second-order valence-electron chi connectivity index (χ2n) is 5.51. The van der Waals surface area contributed by atoms with Gasteiger partial charge in [0.1, 0.15) is 11.5 Å². The quantitative estimate of drug-likeness (QED) is 0.771. The zero-order valence-electron chi connectivity index (χ0n) is 13.6. The number of hydrogen-bond acceptors (Lipinski definition) is 5. The minimum atomic E-state index is -0.199. The highest BCUT2D eigenvalue weighted by atomic mass is 16.1. The van der Waals surface area contributed by atoms with Gasteiger partial charge in [0, 0.05) is 19.6 Å². The van der Waals surface area contributed by atoms with E-state index in [9.17, 15) is 4.79 Å². The standard InChI is InChI=1S/C17H23N5O/c1-22(2)11-10-19-17(23)15-12-21-16(13-20-15)18-9-8-14-6-4-3-5-7-14/h3-7,12-13H,8-11H2,1-2H3,(H,18,21)(H,19,23). The Kier molecular flexibility index (Phi) is 6.50. The Morgan fingerprint density at radius 2 is 1.87 bits per heavy atom. The minimum Gasteiger partial charge on any atom is -0.368 e. The van der Waals surface area contributed by atoms with Gasteiger partial charge in [0.15, 0.2) is 0 Å². The molecule has 0 aliphatic rings. The summed E-state index contributed by atoms with van der Waals surface area (Å²) in [7, 11) is 3.92. The predicted molar refractivity (Wildman–Crippen MR) is 91.6 cm³/mol. The van der Waals surface area contributed by atoms with Crippen LogP contribution in [-0.2, 0) is 6.42 Å². The molecule has 6 heteroatoms. The molecule has 0 aliphatic carbocycles. The van der Waals surface area contributed by atoms with Gasteiger partial charge >= 0.3 is 0 Å². The first-order valence-corrected chi connectivity index (χ1v) is 7.68. The van der Waals surface area contributed by atoms with E-state index in [4.69, 9.17) is 0 Å². The molecule has 0 fully saturated rings. The lowest BCUT2D eigenvalue weighted by Gasteiger charge is -2.10. The average molecular weight is 313 g/mol. The van der Waals surface area contributed by atoms with Crippen LogP contribution < -0.4 is 10.6 Å². The Morgan fingerprint density at radius 3 is 2.52 bits per heavy atom. The highest BCUT2D eigenvalue weighted by molar-refractivity contribution is 5.91. The number of aromatic nitrogens is 2. The third kappa shape index (κ3) is 6.04. The second-order valence-corrected chi connectivity index (χ2v) is 5.51. The van der Waals surface area contributed by atoms with Crippen molar-refractivity contribution in [3.05, 3.63) is 54.0 Å². The summed E-state index contributed by atoms with van der Waals surface area (Å²) in [6.07, 6.45) is 4.00. The smallest absolute Gasteiger partial charge is 0.271 e. The number of carbonyl (C=O) groups excluding carboxylic acids is 1. The zero-order valence-corrected chi connectivity index (χ0v) is 13.6. The van der Waals surface area contributed by atoms with E-state index in [2.05, 4.69) is 32.7 Å². The van der Waals surface area contributed by atoms with E-state index in [0.29, 0.717) is 18.1 Å². The molecule has 0 spiro atoms. The van der Waals surface area contributed by atoms with Gasteiger partial charge in [-0.05, 0) is 26.1 Å². The van der Waals surface area contributed by atoms with E-state index >= 15 is 0 Å². The van der Waals surface area contributed by atoms with Crippen molar-refractivity contribution in [2.75, 3.05) is 39.0 Å². The van der Waals surface area contributed by atoms with Crippen LogP contribution >= 0.6 is 0 Å². The van der Waals surface area contributed by atoms with E-state index < -0.39 is 0 Å². The molecule has 1 heterocycles. The maximum Gasteiger partial charge on any atom is 0.271 e. The fourth-order valence-electron chi connectivity index (χ4n) is 2.00. The number of anilines is 1. The Hall–Kier alpha value is -2.47. The van der Waals surface area contributed by atoms with Crippen molar-refractivity contribution in [3.8, 4) is 0 Å². The molecule has 0 saturated carbocycles. The Labute approximate surface area is 137 Å². The van der Waals surface area contributed by atoms with Crippen LogP contribution in [0.1, 0.15) is 16.1 Å². The Bertz CT molecular complexity index is 598. The molecule has 1 aromatic carbocycles. The molecule has 0 unspecified atom stereocenters. The van der Waals surface area contributed by atoms with Crippen LogP contribution in [0.4, 0.5) is 5.82 Å². The van der Waals surface area contributed by atoms with Crippen molar-refractivity contribution in [1.82, 2.24) is 20.2 Å². The van der Waals surface area contributed by atoms with Gasteiger partial charge < -0.3 is 15.5 Å². The van der Waals surface area contributed by atoms with Crippen molar-refractivity contribution in [2.24, 2.45) is 0 Å². The van der Waals surface area contributed by atoms with Crippen molar-refractivity contribution in [2.45, 2.75) is 6.42 Å². The molecule has 2 aromatic rings. The molecule has 1 amide bonds. The molecule has 0 atom stereocenters. The van der Waals surface area contributed by atoms with Crippen LogP contribution in [0, 0.1) is 0 Å². The first kappa shape index (κ1) is 16.9. The molecule has 0 radical (unpaired) electrons. The Balaban J connectivity index is 1.76. The van der Waals surface area contributed by atoms with E-state index in [0.717, 1.165) is 19.5 Å². The van der Waals surface area contributed by atoms with Crippen LogP contribution in [0.5, 0.6) is 0 Å². The fourth-order valence-corrected chi connectivity index (χ4v) is 2.00. The van der Waals surface area contributed by atoms with Crippen LogP contribution in [0.2, 0.25) is 0 Å². The SMILES string of the molecule is CN(C)CCNC(=O)c1cnc(NCCc2ccccc2)cn1. The normalized spacial score (nSPS) is 10.6. The van der Waals surface area contributed by atoms with E-state index in [1.807, 2.05) is 37.2 Å². The highest BCUT2D eigenvalue weighted by Gasteiger charge is 2.07. The summed E-state index contributed by atoms with van der Waals surface area (Å²) in [4.78, 5) is 22.3. The molecule has 23 heavy (non-hydrogen) atoms. The van der Waals surface area contributed by atoms with Crippen LogP contribution in [0.25, 0.3) is 0 Å². The van der Waals surface area contributed by atoms with Crippen LogP contribution in [-0.4, -0.2) is 54.5 Å². The third-order valence-corrected chi connectivity index (χ3v) is 3.29. The molecule has 1 aromatic heterocycles. The molecule has 0 saturated heterocycles. The summed E-state index contributed by atoms with van der Waals surface area (Å²) >= 11 is 0. The minimum absolute atomic E-state index is 0.199. The van der Waals surface area contributed by atoms with Crippen molar-refractivity contribution < 1.29 is 4.79 Å². The predicted octanol–water partition coefficient (Wildman–Crippen LogP) is 1.42. The lowest BCUT2D eigenvalue weighted by atomic mass is 10.1. The van der Waals surface area contributed by atoms with Gasteiger partial charge in [-0.15, -0.1) is 0 Å². The number of carbonyl (C=O) groups is 1. The van der Waals surface area contributed by atoms with Gasteiger partial charge in [0.25, 0.3) is 5.91 Å². The number of nitrogens with one attached hydrogen (secondary N) is 2. The summed E-state index contributed by atoms with van der Waals surface area (Å²) in [6, 6.07) is 10.2. The van der Waals surface area contributed by atoms with Gasteiger partial charge in [-0.2, -0.15) is 0 Å². The highest BCUT2D eigenvalue weighted by Crippen LogP contribution is 2.03. The molecule has 122 valence electrons. The Morgan fingerprint density at radius 1 is 1.09 bits per heavy atom. The van der Waals surface area contributed by atoms with Gasteiger partial charge in [0.05, 0.1) is 12.4 Å². The number of nitrogens with zero attached hydrogens (tertiary/aromatic N) is 3. The van der Waals surface area contributed by atoms with Crippen molar-refractivity contribution >= 4 is 11.7 Å². The van der Waals surface area contributed by atoms with Crippen LogP contribution in [0.15, 0.2) is 42.7 Å². The largest absolute Gasteiger partial charge is 0.368 e. The first-order chi connectivity index (χ1) is 11.1. The fraction of sp³-hybridized carbons (Fsp3) is 0.353. The maximum absolute atomic E-state index is 11.9. The molecular formula is C17H23N5O. The summed E-state index contributed by atoms with van der Waals surface area (Å²) in [6.45, 7) is 2.15. The first-order valence-electron chi connectivity index (χ1n) is 7.68. The monoisotopic (exact) mass is 313 g/mol. The van der Waals surface area contributed by atoms with Crippen molar-refractivity contribution in [3.63, 3.8) is 0 Å². The van der Waals surface area contributed by atoms with E-state index in [-0.39, 0.29) is 5.91 Å². The molecule has 6 nitrogen and oxygen atoms in total. The van der Waals surface area contributed by atoms with Gasteiger partial charge in [-0.3, -0.25) is 4.79 Å². The molecular weight excluding hydrogens is 290 g/mol. The number of amides is 1. The summed E-state index contributed by atoms with van der Waals surface area (Å²) in [5.74, 6) is 0.473. The number of rotatable bonds is 8. The van der Waals surface area contributed by atoms with Crippen LogP contribution in [0.3, 0.4) is 0 Å². The van der Waals surface area contributed by atoms with Gasteiger partial charge in [-0.1, -0.05) is 30.3 Å². The van der Waals surface area contributed by atoms with Gasteiger partial charge in [0.2, 0.25) is 0 Å². The average Bonchev–Trinajstić information content (AvgIpc) is 2.56. The van der Waals surface area contributed by atoms with E-state index in [1.54, 1.807) is 6.20 Å². The lowest BCUT2D eigenvalue weighted by Crippen LogP contribution is -2.31. The number of hydrogen-bond donors (Lipinski definition) is 2. The second kappa shape index (κ2) is 8.85. The maximum atomic E-state index is 11.9. The zero-order chi connectivity index (χ0) is 16.5. The van der Waals surface area contributed by atoms with E-state index in [1.165, 1.54) is 11.8 Å². The summed E-state index contributed by atoms with van der Waals surface area (Å²) in [5, 5.41) is 6.02. The molecule has 2 N–H and O–H groups in total. The molecule has 2 rings (SSSR count). The summed E-state index contributed by atoms with van der Waals surface area (Å²) in [5.41, 5.74) is 1.60. The lowest BCUT2D eigenvalue weighted by molar-refractivity contribution is 0.0945. The number of benzene rings is 1. The molecule has 0 aliphatic heterocycles. The third-order valence-electron chi connectivity index (χ3n) is 3.29. The summed E-state index contributed by atoms with van der Waals surface area (Å²) < 4.78 is 0. The molecule has 0 bridgehead atoms. The van der Waals surface area contributed by atoms with Gasteiger partial charge in [-0.25, -0.2) is 9.97 Å².